The Kier molecular flexibility index (Phi) is 3.93. The highest BCUT2D eigenvalue weighted by molar-refractivity contribution is 7.90. The van der Waals surface area contributed by atoms with Crippen molar-refractivity contribution in [2.45, 2.75) is 23.7 Å². The molecule has 0 atom stereocenters. The van der Waals surface area contributed by atoms with Gasteiger partial charge >= 0.3 is 6.18 Å². The number of hydrogen-bond donors (Lipinski definition) is 0. The zero-order chi connectivity index (χ0) is 15.0. The molecular weight excluding hydrogens is 309 g/mol. The zero-order valence-corrected chi connectivity index (χ0v) is 12.1. The molecule has 0 saturated heterocycles. The molecule has 0 unspecified atom stereocenters. The van der Waals surface area contributed by atoms with Crippen molar-refractivity contribution in [2.75, 3.05) is 0 Å². The van der Waals surface area contributed by atoms with Gasteiger partial charge in [-0.2, -0.15) is 13.2 Å². The van der Waals surface area contributed by atoms with Gasteiger partial charge < -0.3 is 0 Å². The minimum Gasteiger partial charge on any atom is -0.223 e. The lowest BCUT2D eigenvalue weighted by molar-refractivity contribution is -0.134. The summed E-state index contributed by atoms with van der Waals surface area (Å²) >= 11 is 0.505. The van der Waals surface area contributed by atoms with Crippen LogP contribution >= 0.6 is 11.3 Å². The third-order valence-corrected chi connectivity index (χ3v) is 5.40. The monoisotopic (exact) mass is 320 g/mol. The molecule has 0 bridgehead atoms. The third-order valence-electron chi connectivity index (χ3n) is 2.67. The molecule has 0 spiro atoms. The van der Waals surface area contributed by atoms with Crippen LogP contribution in [0.4, 0.5) is 13.2 Å². The second-order valence-electron chi connectivity index (χ2n) is 4.39. The van der Waals surface area contributed by atoms with E-state index in [9.17, 15) is 21.6 Å². The van der Waals surface area contributed by atoms with E-state index in [2.05, 4.69) is 0 Å². The number of aryl methyl sites for hydroxylation is 1. The maximum Gasteiger partial charge on any atom is 0.425 e. The predicted molar refractivity (Wildman–Crippen MR) is 71.4 cm³/mol. The summed E-state index contributed by atoms with van der Waals surface area (Å²) in [6.07, 6.45) is -4.43. The molecule has 7 heteroatoms. The Hall–Kier alpha value is -1.34. The summed E-state index contributed by atoms with van der Waals surface area (Å²) in [6, 6.07) is 7.11. The molecule has 0 aliphatic rings. The first-order chi connectivity index (χ1) is 9.18. The van der Waals surface area contributed by atoms with Gasteiger partial charge in [0.25, 0.3) is 0 Å². The highest BCUT2D eigenvalue weighted by Gasteiger charge is 2.32. The van der Waals surface area contributed by atoms with Gasteiger partial charge in [0.15, 0.2) is 9.84 Å². The van der Waals surface area contributed by atoms with E-state index >= 15 is 0 Å². The summed E-state index contributed by atoms with van der Waals surface area (Å²) < 4.78 is 61.6. The Labute approximate surface area is 118 Å². The minimum absolute atomic E-state index is 0.114. The lowest BCUT2D eigenvalue weighted by Crippen LogP contribution is -2.05. The van der Waals surface area contributed by atoms with Gasteiger partial charge in [0.2, 0.25) is 0 Å². The smallest absolute Gasteiger partial charge is 0.223 e. The van der Waals surface area contributed by atoms with Gasteiger partial charge in [-0.05, 0) is 36.1 Å². The van der Waals surface area contributed by atoms with Crippen molar-refractivity contribution >= 4 is 21.2 Å². The van der Waals surface area contributed by atoms with Crippen molar-refractivity contribution in [2.24, 2.45) is 0 Å². The van der Waals surface area contributed by atoms with Crippen molar-refractivity contribution in [1.29, 1.82) is 0 Å². The Morgan fingerprint density at radius 2 is 1.75 bits per heavy atom. The second kappa shape index (κ2) is 5.21. The van der Waals surface area contributed by atoms with Crippen LogP contribution in [0.25, 0.3) is 0 Å². The molecule has 0 aliphatic carbocycles. The van der Waals surface area contributed by atoms with Gasteiger partial charge in [0.1, 0.15) is 4.88 Å². The lowest BCUT2D eigenvalue weighted by Gasteiger charge is -2.04. The molecule has 0 radical (unpaired) electrons. The number of benzene rings is 1. The first kappa shape index (κ1) is 15.1. The van der Waals surface area contributed by atoms with E-state index in [0.717, 1.165) is 11.6 Å². The van der Waals surface area contributed by atoms with Crippen LogP contribution in [0.5, 0.6) is 0 Å². The van der Waals surface area contributed by atoms with Crippen molar-refractivity contribution in [1.82, 2.24) is 0 Å². The summed E-state index contributed by atoms with van der Waals surface area (Å²) in [5.74, 6) is -0.428. The van der Waals surface area contributed by atoms with Crippen molar-refractivity contribution in [3.8, 4) is 0 Å². The standard InChI is InChI=1S/C13H11F3O2S2/c1-9-2-4-11(5-3-9)20(17,18)8-10-6-12(19-7-10)13(14,15)16/h2-7H,8H2,1H3. The molecule has 2 rings (SSSR count). The van der Waals surface area contributed by atoms with E-state index in [4.69, 9.17) is 0 Å². The maximum atomic E-state index is 12.5. The van der Waals surface area contributed by atoms with Gasteiger partial charge in [0.05, 0.1) is 10.6 Å². The molecule has 1 aromatic carbocycles. The predicted octanol–water partition coefficient (Wildman–Crippen LogP) is 4.05. The van der Waals surface area contributed by atoms with Crippen LogP contribution in [0.2, 0.25) is 0 Å². The quantitative estimate of drug-likeness (QED) is 0.855. The average molecular weight is 320 g/mol. The van der Waals surface area contributed by atoms with E-state index in [0.29, 0.717) is 11.3 Å². The summed E-state index contributed by atoms with van der Waals surface area (Å²) in [5.41, 5.74) is 1.07. The normalized spacial score (nSPS) is 12.6. The highest BCUT2D eigenvalue weighted by Crippen LogP contribution is 2.34. The summed E-state index contributed by atoms with van der Waals surface area (Å²) in [6.45, 7) is 1.82. The Morgan fingerprint density at radius 3 is 2.25 bits per heavy atom. The van der Waals surface area contributed by atoms with Crippen LogP contribution in [0.15, 0.2) is 40.6 Å². The first-order valence-corrected chi connectivity index (χ1v) is 8.16. The van der Waals surface area contributed by atoms with Crippen LogP contribution in [0.3, 0.4) is 0 Å². The molecule has 1 aromatic heterocycles. The zero-order valence-electron chi connectivity index (χ0n) is 10.4. The number of halogens is 3. The Morgan fingerprint density at radius 1 is 1.15 bits per heavy atom. The maximum absolute atomic E-state index is 12.5. The highest BCUT2D eigenvalue weighted by atomic mass is 32.2. The van der Waals surface area contributed by atoms with Gasteiger partial charge in [-0.1, -0.05) is 17.7 Å². The van der Waals surface area contributed by atoms with Crippen molar-refractivity contribution < 1.29 is 21.6 Å². The molecule has 2 aromatic rings. The van der Waals surface area contributed by atoms with Crippen LogP contribution in [0.1, 0.15) is 16.0 Å². The van der Waals surface area contributed by atoms with Crippen LogP contribution in [0, 0.1) is 6.92 Å². The fourth-order valence-electron chi connectivity index (χ4n) is 1.65. The average Bonchev–Trinajstić information content (AvgIpc) is 2.77. The van der Waals surface area contributed by atoms with Crippen molar-refractivity contribution in [3.05, 3.63) is 51.7 Å². The van der Waals surface area contributed by atoms with E-state index < -0.39 is 26.6 Å². The molecule has 0 saturated carbocycles. The summed E-state index contributed by atoms with van der Waals surface area (Å²) in [5, 5.41) is 1.23. The van der Waals surface area contributed by atoms with Crippen LogP contribution in [-0.2, 0) is 21.8 Å². The molecule has 108 valence electrons. The minimum atomic E-state index is -4.43. The largest absolute Gasteiger partial charge is 0.425 e. The second-order valence-corrected chi connectivity index (χ2v) is 7.29. The van der Waals surface area contributed by atoms with Crippen LogP contribution < -0.4 is 0 Å². The molecule has 0 aliphatic heterocycles. The van der Waals surface area contributed by atoms with Gasteiger partial charge in [-0.15, -0.1) is 11.3 Å². The van der Waals surface area contributed by atoms with Gasteiger partial charge in [-0.25, -0.2) is 8.42 Å². The van der Waals surface area contributed by atoms with E-state index in [1.807, 2.05) is 6.92 Å². The number of thiophene rings is 1. The fraction of sp³-hybridized carbons (Fsp3) is 0.231. The van der Waals surface area contributed by atoms with E-state index in [1.54, 1.807) is 12.1 Å². The number of alkyl halides is 3. The Balaban J connectivity index is 2.25. The Bertz CT molecular complexity index is 698. The van der Waals surface area contributed by atoms with Gasteiger partial charge in [0, 0.05) is 0 Å². The molecular formula is C13H11F3O2S2. The van der Waals surface area contributed by atoms with Crippen LogP contribution in [-0.4, -0.2) is 8.42 Å². The topological polar surface area (TPSA) is 34.1 Å². The molecule has 0 N–H and O–H groups in total. The third kappa shape index (κ3) is 3.40. The molecule has 20 heavy (non-hydrogen) atoms. The summed E-state index contributed by atoms with van der Waals surface area (Å²) in [4.78, 5) is -0.672. The van der Waals surface area contributed by atoms with Gasteiger partial charge in [-0.3, -0.25) is 0 Å². The molecule has 2 nitrogen and oxygen atoms in total. The lowest BCUT2D eigenvalue weighted by atomic mass is 10.2. The summed E-state index contributed by atoms with van der Waals surface area (Å²) in [7, 11) is -3.62. The first-order valence-electron chi connectivity index (χ1n) is 5.62. The fourth-order valence-corrected chi connectivity index (χ4v) is 3.86. The van der Waals surface area contributed by atoms with E-state index in [1.165, 1.54) is 17.5 Å². The number of sulfone groups is 1. The molecule has 0 fully saturated rings. The molecule has 0 amide bonds. The van der Waals surface area contributed by atoms with E-state index in [-0.39, 0.29) is 10.5 Å². The number of rotatable bonds is 3. The van der Waals surface area contributed by atoms with Crippen molar-refractivity contribution in [3.63, 3.8) is 0 Å². The SMILES string of the molecule is Cc1ccc(S(=O)(=O)Cc2csc(C(F)(F)F)c2)cc1. The molecule has 1 heterocycles. The number of hydrogen-bond acceptors (Lipinski definition) is 3.